The number of benzene rings is 1. The molecule has 0 aliphatic rings. The lowest BCUT2D eigenvalue weighted by Crippen LogP contribution is -2.32. The van der Waals surface area contributed by atoms with Crippen LogP contribution < -0.4 is 5.32 Å². The SMILES string of the molecule is O=C(CCn1cc([N+](=O)[O-])cn1)NCC(C(=O)O)c1ccc(F)cc1. The number of nitrogens with one attached hydrogen (secondary N) is 1. The van der Waals surface area contributed by atoms with E-state index >= 15 is 0 Å². The molecule has 0 aliphatic heterocycles. The normalized spacial score (nSPS) is 11.7. The highest BCUT2D eigenvalue weighted by Crippen LogP contribution is 2.16. The minimum atomic E-state index is -1.14. The van der Waals surface area contributed by atoms with E-state index in [9.17, 15) is 29.2 Å². The molecular weight excluding hydrogens is 335 g/mol. The number of hydrogen-bond donors (Lipinski definition) is 2. The summed E-state index contributed by atoms with van der Waals surface area (Å²) in [5.74, 6) is -3.05. The van der Waals surface area contributed by atoms with E-state index in [1.54, 1.807) is 0 Å². The minimum absolute atomic E-state index is 0.0193. The van der Waals surface area contributed by atoms with Crippen LogP contribution in [0.15, 0.2) is 36.7 Å². The molecule has 0 radical (unpaired) electrons. The third kappa shape index (κ3) is 5.09. The number of hydrogen-bond acceptors (Lipinski definition) is 5. The maximum Gasteiger partial charge on any atom is 0.312 e. The first kappa shape index (κ1) is 18.0. The van der Waals surface area contributed by atoms with Crippen molar-refractivity contribution in [2.75, 3.05) is 6.54 Å². The maximum atomic E-state index is 12.9. The fourth-order valence-corrected chi connectivity index (χ4v) is 2.13. The Morgan fingerprint density at radius 2 is 2.04 bits per heavy atom. The second-order valence-corrected chi connectivity index (χ2v) is 5.22. The fourth-order valence-electron chi connectivity index (χ4n) is 2.13. The zero-order valence-electron chi connectivity index (χ0n) is 13.0. The predicted octanol–water partition coefficient (Wildman–Crippen LogP) is 1.31. The number of nitro groups is 1. The summed E-state index contributed by atoms with van der Waals surface area (Å²) in [6.45, 7) is -0.0347. The molecule has 0 bridgehead atoms. The first-order chi connectivity index (χ1) is 11.9. The second-order valence-electron chi connectivity index (χ2n) is 5.22. The van der Waals surface area contributed by atoms with Crippen molar-refractivity contribution in [3.8, 4) is 0 Å². The number of aromatic nitrogens is 2. The van der Waals surface area contributed by atoms with Crippen LogP contribution in [0.4, 0.5) is 10.1 Å². The van der Waals surface area contributed by atoms with Gasteiger partial charge in [0, 0.05) is 19.5 Å². The standard InChI is InChI=1S/C15H15FN4O5/c16-11-3-1-10(2-4-11)13(15(22)23)8-17-14(21)5-6-19-9-12(7-18-19)20(24)25/h1-4,7,9,13H,5-6,8H2,(H,17,21)(H,22,23). The summed E-state index contributed by atoms with van der Waals surface area (Å²) < 4.78 is 14.2. The van der Waals surface area contributed by atoms with Gasteiger partial charge in [0.25, 0.3) is 0 Å². The number of halogens is 1. The lowest BCUT2D eigenvalue weighted by Gasteiger charge is -2.14. The van der Waals surface area contributed by atoms with Gasteiger partial charge in [0.1, 0.15) is 18.2 Å². The van der Waals surface area contributed by atoms with Gasteiger partial charge in [-0.15, -0.1) is 0 Å². The van der Waals surface area contributed by atoms with Gasteiger partial charge in [-0.1, -0.05) is 12.1 Å². The molecule has 0 spiro atoms. The molecule has 2 N–H and O–H groups in total. The van der Waals surface area contributed by atoms with Crippen LogP contribution >= 0.6 is 0 Å². The average molecular weight is 350 g/mol. The van der Waals surface area contributed by atoms with Gasteiger partial charge in [0.05, 0.1) is 10.8 Å². The van der Waals surface area contributed by atoms with Gasteiger partial charge in [0.2, 0.25) is 5.91 Å². The van der Waals surface area contributed by atoms with Crippen LogP contribution in [0.3, 0.4) is 0 Å². The van der Waals surface area contributed by atoms with Gasteiger partial charge in [-0.05, 0) is 17.7 Å². The number of rotatable bonds is 8. The van der Waals surface area contributed by atoms with Crippen LogP contribution in [0.25, 0.3) is 0 Å². The molecule has 2 aromatic rings. The predicted molar refractivity (Wildman–Crippen MR) is 83.3 cm³/mol. The monoisotopic (exact) mass is 350 g/mol. The molecule has 1 aromatic heterocycles. The molecule has 1 atom stereocenters. The van der Waals surface area contributed by atoms with E-state index in [0.717, 1.165) is 18.3 Å². The quantitative estimate of drug-likeness (QED) is 0.546. The Bertz CT molecular complexity index is 774. The lowest BCUT2D eigenvalue weighted by molar-refractivity contribution is -0.385. The number of carbonyl (C=O) groups excluding carboxylic acids is 1. The van der Waals surface area contributed by atoms with Crippen LogP contribution in [0, 0.1) is 15.9 Å². The van der Waals surface area contributed by atoms with E-state index in [4.69, 9.17) is 0 Å². The zero-order chi connectivity index (χ0) is 18.4. The van der Waals surface area contributed by atoms with Crippen molar-refractivity contribution in [3.05, 3.63) is 58.2 Å². The summed E-state index contributed by atoms with van der Waals surface area (Å²) in [7, 11) is 0. The van der Waals surface area contributed by atoms with Crippen molar-refractivity contribution < 1.29 is 24.0 Å². The highest BCUT2D eigenvalue weighted by molar-refractivity contribution is 5.79. The van der Waals surface area contributed by atoms with Crippen LogP contribution in [0.2, 0.25) is 0 Å². The average Bonchev–Trinajstić information content (AvgIpc) is 3.04. The Kier molecular flexibility index (Phi) is 5.77. The van der Waals surface area contributed by atoms with E-state index in [1.807, 2.05) is 0 Å². The van der Waals surface area contributed by atoms with Crippen molar-refractivity contribution in [1.82, 2.24) is 15.1 Å². The Morgan fingerprint density at radius 1 is 1.36 bits per heavy atom. The number of aryl methyl sites for hydroxylation is 1. The summed E-state index contributed by atoms with van der Waals surface area (Å²) in [4.78, 5) is 33.1. The first-order valence-electron chi connectivity index (χ1n) is 7.28. The zero-order valence-corrected chi connectivity index (χ0v) is 13.0. The van der Waals surface area contributed by atoms with Crippen LogP contribution in [-0.2, 0) is 16.1 Å². The van der Waals surface area contributed by atoms with Crippen LogP contribution in [0.1, 0.15) is 17.9 Å². The number of carboxylic acid groups (broad SMARTS) is 1. The van der Waals surface area contributed by atoms with Crippen LogP contribution in [-0.4, -0.2) is 38.2 Å². The Morgan fingerprint density at radius 3 is 2.60 bits per heavy atom. The van der Waals surface area contributed by atoms with Gasteiger partial charge < -0.3 is 10.4 Å². The molecule has 1 heterocycles. The third-order valence-corrected chi connectivity index (χ3v) is 3.47. The number of nitrogens with zero attached hydrogens (tertiary/aromatic N) is 3. The van der Waals surface area contributed by atoms with Gasteiger partial charge >= 0.3 is 11.7 Å². The number of carbonyl (C=O) groups is 2. The highest BCUT2D eigenvalue weighted by Gasteiger charge is 2.20. The Hall–Kier alpha value is -3.30. The third-order valence-electron chi connectivity index (χ3n) is 3.47. The molecular formula is C15H15FN4O5. The largest absolute Gasteiger partial charge is 0.481 e. The molecule has 10 heteroatoms. The topological polar surface area (TPSA) is 127 Å². The van der Waals surface area contributed by atoms with E-state index in [2.05, 4.69) is 10.4 Å². The fraction of sp³-hybridized carbons (Fsp3) is 0.267. The van der Waals surface area contributed by atoms with Crippen LogP contribution in [0.5, 0.6) is 0 Å². The molecule has 0 fully saturated rings. The van der Waals surface area contributed by atoms with E-state index in [0.29, 0.717) is 5.56 Å². The van der Waals surface area contributed by atoms with Gasteiger partial charge in [-0.2, -0.15) is 5.10 Å². The molecule has 9 nitrogen and oxygen atoms in total. The molecule has 2 rings (SSSR count). The van der Waals surface area contributed by atoms with Crippen molar-refractivity contribution in [3.63, 3.8) is 0 Å². The second kappa shape index (κ2) is 7.99. The summed E-state index contributed by atoms with van der Waals surface area (Å²) in [5.41, 5.74) is 0.194. The molecule has 1 amide bonds. The van der Waals surface area contributed by atoms with E-state index in [1.165, 1.54) is 23.0 Å². The molecule has 0 saturated heterocycles. The van der Waals surface area contributed by atoms with E-state index < -0.39 is 28.5 Å². The van der Waals surface area contributed by atoms with Gasteiger partial charge in [-0.3, -0.25) is 24.4 Å². The Labute approximate surface area is 141 Å². The van der Waals surface area contributed by atoms with Crippen molar-refractivity contribution >= 4 is 17.6 Å². The summed E-state index contributed by atoms with van der Waals surface area (Å²) in [5, 5.41) is 26.0. The smallest absolute Gasteiger partial charge is 0.312 e. The number of aliphatic carboxylic acids is 1. The van der Waals surface area contributed by atoms with Crippen molar-refractivity contribution in [2.45, 2.75) is 18.9 Å². The Balaban J connectivity index is 1.87. The van der Waals surface area contributed by atoms with Crippen molar-refractivity contribution in [2.24, 2.45) is 0 Å². The molecule has 132 valence electrons. The summed E-state index contributed by atoms with van der Waals surface area (Å²) in [6, 6.07) is 5.00. The minimum Gasteiger partial charge on any atom is -0.481 e. The summed E-state index contributed by atoms with van der Waals surface area (Å²) in [6.07, 6.45) is 2.26. The highest BCUT2D eigenvalue weighted by atomic mass is 19.1. The number of carboxylic acids is 1. The maximum absolute atomic E-state index is 12.9. The number of amides is 1. The van der Waals surface area contributed by atoms with Gasteiger partial charge in [-0.25, -0.2) is 4.39 Å². The lowest BCUT2D eigenvalue weighted by atomic mass is 9.99. The van der Waals surface area contributed by atoms with Gasteiger partial charge in [0.15, 0.2) is 0 Å². The molecule has 0 aliphatic carbocycles. The van der Waals surface area contributed by atoms with Crippen molar-refractivity contribution in [1.29, 1.82) is 0 Å². The summed E-state index contributed by atoms with van der Waals surface area (Å²) >= 11 is 0. The molecule has 0 saturated carbocycles. The first-order valence-corrected chi connectivity index (χ1v) is 7.28. The molecule has 1 aromatic carbocycles. The molecule has 25 heavy (non-hydrogen) atoms. The molecule has 1 unspecified atom stereocenters. The van der Waals surface area contributed by atoms with E-state index in [-0.39, 0.29) is 25.2 Å².